The van der Waals surface area contributed by atoms with Gasteiger partial charge in [-0.3, -0.25) is 4.98 Å². The maximum absolute atomic E-state index is 5.83. The molecule has 0 aliphatic carbocycles. The number of rotatable bonds is 2. The molecule has 0 unspecified atom stereocenters. The Morgan fingerprint density at radius 2 is 2.00 bits per heavy atom. The van der Waals surface area contributed by atoms with Gasteiger partial charge in [-0.25, -0.2) is 4.98 Å². The Morgan fingerprint density at radius 3 is 2.59 bits per heavy atom. The molecule has 2 N–H and O–H groups in total. The van der Waals surface area contributed by atoms with Crippen molar-refractivity contribution in [2.24, 2.45) is 11.1 Å². The lowest BCUT2D eigenvalue weighted by Gasteiger charge is -2.39. The molecule has 1 aliphatic rings. The molecule has 0 atom stereocenters. The monoisotopic (exact) mass is 234 g/mol. The molecular weight excluding hydrogens is 212 g/mol. The topological polar surface area (TPSA) is 55.0 Å². The Morgan fingerprint density at radius 1 is 1.35 bits per heavy atom. The normalized spacial score (nSPS) is 19.4. The highest BCUT2D eigenvalue weighted by Gasteiger charge is 2.29. The zero-order valence-electron chi connectivity index (χ0n) is 11.0. The Balaban J connectivity index is 2.13. The molecule has 0 radical (unpaired) electrons. The summed E-state index contributed by atoms with van der Waals surface area (Å²) < 4.78 is 0. The summed E-state index contributed by atoms with van der Waals surface area (Å²) in [6.45, 7) is 9.14. The van der Waals surface area contributed by atoms with Crippen LogP contribution in [0.5, 0.6) is 0 Å². The second-order valence-corrected chi connectivity index (χ2v) is 5.42. The fraction of sp³-hybridized carbons (Fsp3) is 0.692. The van der Waals surface area contributed by atoms with E-state index >= 15 is 0 Å². The standard InChI is InChI=1S/C13H22N4/c1-10-8-15-11(2)12(16-10)17-6-4-13(3,9-14)5-7-17/h8H,4-7,9,14H2,1-3H3. The molecule has 2 heterocycles. The van der Waals surface area contributed by atoms with E-state index in [0.717, 1.165) is 49.7 Å². The van der Waals surface area contributed by atoms with Crippen LogP contribution < -0.4 is 10.6 Å². The average molecular weight is 234 g/mol. The van der Waals surface area contributed by atoms with Gasteiger partial charge in [0, 0.05) is 19.3 Å². The van der Waals surface area contributed by atoms with Crippen molar-refractivity contribution in [2.45, 2.75) is 33.6 Å². The lowest BCUT2D eigenvalue weighted by Crippen LogP contribution is -2.42. The van der Waals surface area contributed by atoms with Crippen molar-refractivity contribution in [1.82, 2.24) is 9.97 Å². The van der Waals surface area contributed by atoms with E-state index in [1.165, 1.54) is 0 Å². The van der Waals surface area contributed by atoms with Gasteiger partial charge in [-0.05, 0) is 38.6 Å². The van der Waals surface area contributed by atoms with Gasteiger partial charge in [0.05, 0.1) is 11.4 Å². The van der Waals surface area contributed by atoms with E-state index < -0.39 is 0 Å². The largest absolute Gasteiger partial charge is 0.355 e. The predicted octanol–water partition coefficient (Wildman–Crippen LogP) is 1.66. The second-order valence-electron chi connectivity index (χ2n) is 5.42. The highest BCUT2D eigenvalue weighted by molar-refractivity contribution is 5.43. The molecule has 94 valence electrons. The molecule has 0 amide bonds. The first kappa shape index (κ1) is 12.3. The second kappa shape index (κ2) is 4.61. The third kappa shape index (κ3) is 2.57. The summed E-state index contributed by atoms with van der Waals surface area (Å²) in [6.07, 6.45) is 4.10. The number of hydrogen-bond acceptors (Lipinski definition) is 4. The minimum Gasteiger partial charge on any atom is -0.355 e. The van der Waals surface area contributed by atoms with E-state index in [2.05, 4.69) is 21.8 Å². The van der Waals surface area contributed by atoms with Crippen LogP contribution in [0, 0.1) is 19.3 Å². The van der Waals surface area contributed by atoms with E-state index in [1.807, 2.05) is 20.0 Å². The lowest BCUT2D eigenvalue weighted by atomic mass is 9.80. The number of anilines is 1. The van der Waals surface area contributed by atoms with Crippen LogP contribution in [-0.4, -0.2) is 29.6 Å². The van der Waals surface area contributed by atoms with E-state index in [1.54, 1.807) is 0 Å². The predicted molar refractivity (Wildman–Crippen MR) is 70.1 cm³/mol. The van der Waals surface area contributed by atoms with Crippen LogP contribution in [0.4, 0.5) is 5.82 Å². The lowest BCUT2D eigenvalue weighted by molar-refractivity contribution is 0.257. The molecule has 1 aromatic heterocycles. The Bertz CT molecular complexity index is 394. The van der Waals surface area contributed by atoms with Crippen molar-refractivity contribution in [1.29, 1.82) is 0 Å². The summed E-state index contributed by atoms with van der Waals surface area (Å²) in [5.74, 6) is 1.05. The van der Waals surface area contributed by atoms with Crippen molar-refractivity contribution in [2.75, 3.05) is 24.5 Å². The first-order chi connectivity index (χ1) is 8.04. The van der Waals surface area contributed by atoms with Gasteiger partial charge in [-0.2, -0.15) is 0 Å². The summed E-state index contributed by atoms with van der Waals surface area (Å²) in [5, 5.41) is 0. The molecule has 1 saturated heterocycles. The first-order valence-electron chi connectivity index (χ1n) is 6.29. The number of aryl methyl sites for hydroxylation is 2. The quantitative estimate of drug-likeness (QED) is 0.845. The Hall–Kier alpha value is -1.16. The maximum atomic E-state index is 5.83. The fourth-order valence-corrected chi connectivity index (χ4v) is 2.29. The molecule has 0 spiro atoms. The van der Waals surface area contributed by atoms with Crippen molar-refractivity contribution in [3.05, 3.63) is 17.6 Å². The summed E-state index contributed by atoms with van der Waals surface area (Å²) in [4.78, 5) is 11.3. The highest BCUT2D eigenvalue weighted by Crippen LogP contribution is 2.31. The van der Waals surface area contributed by atoms with Crippen molar-refractivity contribution >= 4 is 5.82 Å². The first-order valence-corrected chi connectivity index (χ1v) is 6.29. The number of piperidine rings is 1. The Labute approximate surface area is 103 Å². The van der Waals surface area contributed by atoms with Crippen LogP contribution in [0.3, 0.4) is 0 Å². The summed E-state index contributed by atoms with van der Waals surface area (Å²) >= 11 is 0. The molecule has 4 heteroatoms. The van der Waals surface area contributed by atoms with Crippen LogP contribution in [0.15, 0.2) is 6.20 Å². The van der Waals surface area contributed by atoms with Crippen molar-refractivity contribution < 1.29 is 0 Å². The SMILES string of the molecule is Cc1cnc(C)c(N2CCC(C)(CN)CC2)n1. The number of nitrogens with two attached hydrogens (primary N) is 1. The molecule has 1 fully saturated rings. The third-order valence-electron chi connectivity index (χ3n) is 3.81. The fourth-order valence-electron chi connectivity index (χ4n) is 2.29. The third-order valence-corrected chi connectivity index (χ3v) is 3.81. The molecule has 0 aromatic carbocycles. The smallest absolute Gasteiger partial charge is 0.150 e. The molecule has 1 aromatic rings. The summed E-state index contributed by atoms with van der Waals surface area (Å²) in [5.41, 5.74) is 8.14. The molecule has 17 heavy (non-hydrogen) atoms. The summed E-state index contributed by atoms with van der Waals surface area (Å²) in [6, 6.07) is 0. The van der Waals surface area contributed by atoms with Gasteiger partial charge >= 0.3 is 0 Å². The zero-order chi connectivity index (χ0) is 12.5. The van der Waals surface area contributed by atoms with E-state index in [9.17, 15) is 0 Å². The van der Waals surface area contributed by atoms with E-state index in [-0.39, 0.29) is 0 Å². The van der Waals surface area contributed by atoms with Gasteiger partial charge in [0.25, 0.3) is 0 Å². The zero-order valence-corrected chi connectivity index (χ0v) is 11.0. The number of aromatic nitrogens is 2. The number of hydrogen-bond donors (Lipinski definition) is 1. The van der Waals surface area contributed by atoms with Crippen LogP contribution >= 0.6 is 0 Å². The minimum atomic E-state index is 0.307. The van der Waals surface area contributed by atoms with Crippen LogP contribution in [0.2, 0.25) is 0 Å². The average Bonchev–Trinajstić information content (AvgIpc) is 2.34. The van der Waals surface area contributed by atoms with Crippen LogP contribution in [0.25, 0.3) is 0 Å². The number of nitrogens with zero attached hydrogens (tertiary/aromatic N) is 3. The van der Waals surface area contributed by atoms with Gasteiger partial charge < -0.3 is 10.6 Å². The van der Waals surface area contributed by atoms with Crippen LogP contribution in [0.1, 0.15) is 31.2 Å². The molecular formula is C13H22N4. The minimum absolute atomic E-state index is 0.307. The van der Waals surface area contributed by atoms with Crippen LogP contribution in [-0.2, 0) is 0 Å². The van der Waals surface area contributed by atoms with Gasteiger partial charge in [-0.15, -0.1) is 0 Å². The van der Waals surface area contributed by atoms with E-state index in [0.29, 0.717) is 5.41 Å². The highest BCUT2D eigenvalue weighted by atomic mass is 15.2. The Kier molecular flexibility index (Phi) is 3.33. The van der Waals surface area contributed by atoms with Gasteiger partial charge in [0.1, 0.15) is 5.82 Å². The molecule has 2 rings (SSSR count). The molecule has 0 saturated carbocycles. The maximum Gasteiger partial charge on any atom is 0.150 e. The van der Waals surface area contributed by atoms with E-state index in [4.69, 9.17) is 5.73 Å². The van der Waals surface area contributed by atoms with Gasteiger partial charge in [0.2, 0.25) is 0 Å². The molecule has 4 nitrogen and oxygen atoms in total. The van der Waals surface area contributed by atoms with Crippen molar-refractivity contribution in [3.8, 4) is 0 Å². The summed E-state index contributed by atoms with van der Waals surface area (Å²) in [7, 11) is 0. The van der Waals surface area contributed by atoms with Crippen molar-refractivity contribution in [3.63, 3.8) is 0 Å². The molecule has 0 bridgehead atoms. The van der Waals surface area contributed by atoms with Gasteiger partial charge in [-0.1, -0.05) is 6.92 Å². The molecule has 1 aliphatic heterocycles. The van der Waals surface area contributed by atoms with Gasteiger partial charge in [0.15, 0.2) is 0 Å².